The molecule has 3 saturated carbocycles. The Morgan fingerprint density at radius 3 is 2.40 bits per heavy atom. The second kappa shape index (κ2) is 7.32. The zero-order valence-corrected chi connectivity index (χ0v) is 18.6. The summed E-state index contributed by atoms with van der Waals surface area (Å²) in [5.74, 6) is 1.34. The lowest BCUT2D eigenvalue weighted by molar-refractivity contribution is -0.138. The summed E-state index contributed by atoms with van der Waals surface area (Å²) < 4.78 is 0. The van der Waals surface area contributed by atoms with E-state index >= 15 is 0 Å². The lowest BCUT2D eigenvalue weighted by Gasteiger charge is -2.39. The standard InChI is InChI=1S/C24H37N3O3/c1-23(18-14-16-7-8-17(18)13-16)21(29)27(22(30)26(23)2)15-20(28)19-9-12-24(25-19)10-5-3-4-6-11-24/h16-19,25H,3-15H2,1-2H3/t16-,17+,18?,19?,23?/m0/s1. The number of carbonyl (C=O) groups is 3. The highest BCUT2D eigenvalue weighted by molar-refractivity contribution is 6.09. The van der Waals surface area contributed by atoms with Crippen molar-refractivity contribution in [2.24, 2.45) is 17.8 Å². The van der Waals surface area contributed by atoms with E-state index < -0.39 is 5.54 Å². The lowest BCUT2D eigenvalue weighted by atomic mass is 9.74. The average Bonchev–Trinajstić information content (AvgIpc) is 3.46. The van der Waals surface area contributed by atoms with Gasteiger partial charge in [0, 0.05) is 12.6 Å². The van der Waals surface area contributed by atoms with Crippen LogP contribution >= 0.6 is 0 Å². The van der Waals surface area contributed by atoms with Gasteiger partial charge in [0.05, 0.1) is 12.6 Å². The third-order valence-corrected chi connectivity index (χ3v) is 9.51. The molecule has 2 bridgehead atoms. The first-order valence-electron chi connectivity index (χ1n) is 12.2. The van der Waals surface area contributed by atoms with Gasteiger partial charge in [-0.05, 0) is 69.6 Å². The predicted molar refractivity (Wildman–Crippen MR) is 114 cm³/mol. The number of fused-ring (bicyclic) bond motifs is 2. The van der Waals surface area contributed by atoms with Crippen molar-refractivity contribution >= 4 is 17.7 Å². The van der Waals surface area contributed by atoms with Crippen LogP contribution in [0.2, 0.25) is 0 Å². The molecule has 3 unspecified atom stereocenters. The fourth-order valence-corrected chi connectivity index (χ4v) is 7.61. The Balaban J connectivity index is 1.27. The molecule has 0 radical (unpaired) electrons. The molecule has 3 amide bonds. The van der Waals surface area contributed by atoms with Crippen molar-refractivity contribution in [1.82, 2.24) is 15.1 Å². The quantitative estimate of drug-likeness (QED) is 0.714. The molecule has 0 aromatic heterocycles. The van der Waals surface area contributed by atoms with Gasteiger partial charge in [0.2, 0.25) is 0 Å². The molecule has 2 aliphatic heterocycles. The molecule has 6 heteroatoms. The van der Waals surface area contributed by atoms with E-state index in [1.807, 2.05) is 6.92 Å². The Morgan fingerprint density at radius 1 is 1.03 bits per heavy atom. The van der Waals surface area contributed by atoms with Gasteiger partial charge in [-0.1, -0.05) is 32.1 Å². The SMILES string of the molecule is CN1C(=O)N(CC(=O)C2CCC3(CCCCCC3)N2)C(=O)C1(C)C1C[C@H]2CC[C@@H]1C2. The Bertz CT molecular complexity index is 744. The van der Waals surface area contributed by atoms with Crippen LogP contribution in [0.25, 0.3) is 0 Å². The minimum atomic E-state index is -0.789. The molecule has 1 spiro atoms. The Labute approximate surface area is 180 Å². The van der Waals surface area contributed by atoms with Gasteiger partial charge in [0.25, 0.3) is 5.91 Å². The van der Waals surface area contributed by atoms with E-state index in [0.29, 0.717) is 11.8 Å². The van der Waals surface area contributed by atoms with Crippen molar-refractivity contribution in [3.63, 3.8) is 0 Å². The number of nitrogens with zero attached hydrogens (tertiary/aromatic N) is 2. The predicted octanol–water partition coefficient (Wildman–Crippen LogP) is 3.49. The first kappa shape index (κ1) is 20.5. The van der Waals surface area contributed by atoms with Crippen LogP contribution in [0, 0.1) is 17.8 Å². The Kier molecular flexibility index (Phi) is 4.99. The van der Waals surface area contributed by atoms with E-state index in [2.05, 4.69) is 5.32 Å². The van der Waals surface area contributed by atoms with Gasteiger partial charge in [0.15, 0.2) is 5.78 Å². The smallest absolute Gasteiger partial charge is 0.313 e. The van der Waals surface area contributed by atoms with E-state index in [1.54, 1.807) is 11.9 Å². The van der Waals surface area contributed by atoms with Gasteiger partial charge < -0.3 is 10.2 Å². The van der Waals surface area contributed by atoms with E-state index in [4.69, 9.17) is 0 Å². The van der Waals surface area contributed by atoms with Gasteiger partial charge in [-0.3, -0.25) is 14.5 Å². The highest BCUT2D eigenvalue weighted by atomic mass is 16.2. The number of hydrogen-bond acceptors (Lipinski definition) is 4. The highest BCUT2D eigenvalue weighted by Crippen LogP contribution is 2.54. The summed E-state index contributed by atoms with van der Waals surface area (Å²) in [6.07, 6.45) is 13.8. The third-order valence-electron chi connectivity index (χ3n) is 9.51. The number of likely N-dealkylation sites (N-methyl/N-ethyl adjacent to an activating group) is 1. The van der Waals surface area contributed by atoms with Crippen molar-refractivity contribution < 1.29 is 14.4 Å². The van der Waals surface area contributed by atoms with E-state index in [0.717, 1.165) is 32.1 Å². The summed E-state index contributed by atoms with van der Waals surface area (Å²) in [7, 11) is 1.76. The molecule has 6 nitrogen and oxygen atoms in total. The molecule has 5 aliphatic rings. The summed E-state index contributed by atoms with van der Waals surface area (Å²) in [5, 5.41) is 3.65. The number of imide groups is 1. The minimum Gasteiger partial charge on any atom is -0.313 e. The molecule has 166 valence electrons. The van der Waals surface area contributed by atoms with Crippen LogP contribution in [0.1, 0.15) is 84.0 Å². The molecule has 1 N–H and O–H groups in total. The highest BCUT2D eigenvalue weighted by Gasteiger charge is 2.61. The maximum absolute atomic E-state index is 13.5. The van der Waals surface area contributed by atoms with Crippen molar-refractivity contribution in [3.8, 4) is 0 Å². The average molecular weight is 416 g/mol. The molecule has 2 heterocycles. The minimum absolute atomic E-state index is 0.00316. The molecule has 5 rings (SSSR count). The summed E-state index contributed by atoms with van der Waals surface area (Å²) in [6, 6.07) is -0.510. The summed E-state index contributed by atoms with van der Waals surface area (Å²) >= 11 is 0. The molecule has 0 aromatic carbocycles. The lowest BCUT2D eigenvalue weighted by Crippen LogP contribution is -2.53. The maximum Gasteiger partial charge on any atom is 0.327 e. The molecule has 30 heavy (non-hydrogen) atoms. The van der Waals surface area contributed by atoms with E-state index in [9.17, 15) is 14.4 Å². The Morgan fingerprint density at radius 2 is 1.77 bits per heavy atom. The molecule has 3 aliphatic carbocycles. The largest absolute Gasteiger partial charge is 0.327 e. The van der Waals surface area contributed by atoms with Crippen LogP contribution in [-0.4, -0.2) is 58.2 Å². The number of Topliss-reactive ketones (excluding diaryl/α,β-unsaturated/α-hetero) is 1. The van der Waals surface area contributed by atoms with Crippen LogP contribution < -0.4 is 5.32 Å². The second-order valence-electron chi connectivity index (χ2n) is 11.1. The topological polar surface area (TPSA) is 69.7 Å². The zero-order chi connectivity index (χ0) is 21.1. The fraction of sp³-hybridized carbons (Fsp3) is 0.875. The van der Waals surface area contributed by atoms with Crippen LogP contribution in [0.3, 0.4) is 0 Å². The monoisotopic (exact) mass is 415 g/mol. The van der Waals surface area contributed by atoms with Crippen molar-refractivity contribution in [1.29, 1.82) is 0 Å². The zero-order valence-electron chi connectivity index (χ0n) is 18.6. The first-order chi connectivity index (χ1) is 14.3. The van der Waals surface area contributed by atoms with Crippen LogP contribution in [-0.2, 0) is 9.59 Å². The number of carbonyl (C=O) groups excluding carboxylic acids is 3. The van der Waals surface area contributed by atoms with E-state index in [1.165, 1.54) is 49.8 Å². The molecule has 5 fully saturated rings. The van der Waals surface area contributed by atoms with Gasteiger partial charge in [-0.15, -0.1) is 0 Å². The number of ketones is 1. The van der Waals surface area contributed by atoms with Gasteiger partial charge >= 0.3 is 6.03 Å². The van der Waals surface area contributed by atoms with Crippen LogP contribution in [0.5, 0.6) is 0 Å². The normalized spacial score (nSPS) is 40.6. The molecule has 5 atom stereocenters. The van der Waals surface area contributed by atoms with Crippen molar-refractivity contribution in [3.05, 3.63) is 0 Å². The summed E-state index contributed by atoms with van der Waals surface area (Å²) in [4.78, 5) is 42.6. The summed E-state index contributed by atoms with van der Waals surface area (Å²) in [6.45, 7) is 1.86. The number of rotatable bonds is 4. The van der Waals surface area contributed by atoms with Gasteiger partial charge in [-0.2, -0.15) is 0 Å². The molecule has 2 saturated heterocycles. The molecule has 0 aromatic rings. The van der Waals surface area contributed by atoms with Crippen LogP contribution in [0.4, 0.5) is 4.79 Å². The Hall–Kier alpha value is -1.43. The number of nitrogens with one attached hydrogen (secondary N) is 1. The number of amides is 3. The van der Waals surface area contributed by atoms with Crippen molar-refractivity contribution in [2.75, 3.05) is 13.6 Å². The van der Waals surface area contributed by atoms with Crippen LogP contribution in [0.15, 0.2) is 0 Å². The van der Waals surface area contributed by atoms with Gasteiger partial charge in [-0.25, -0.2) is 4.79 Å². The number of hydrogen-bond donors (Lipinski definition) is 1. The van der Waals surface area contributed by atoms with Crippen molar-refractivity contribution in [2.45, 2.75) is 101 Å². The maximum atomic E-state index is 13.5. The molecular weight excluding hydrogens is 378 g/mol. The molecular formula is C24H37N3O3. The first-order valence-corrected chi connectivity index (χ1v) is 12.2. The summed E-state index contributed by atoms with van der Waals surface area (Å²) in [5.41, 5.74) is -0.687. The third kappa shape index (κ3) is 3.04. The fourth-order valence-electron chi connectivity index (χ4n) is 7.61. The van der Waals surface area contributed by atoms with E-state index in [-0.39, 0.29) is 41.8 Å². The second-order valence-corrected chi connectivity index (χ2v) is 11.1. The number of urea groups is 1. The van der Waals surface area contributed by atoms with Gasteiger partial charge in [0.1, 0.15) is 5.54 Å².